The molecule has 0 aromatic carbocycles. The molecule has 1 heterocycles. The van der Waals surface area contributed by atoms with Crippen molar-refractivity contribution in [3.8, 4) is 0 Å². The molecule has 0 aromatic heterocycles. The third-order valence-corrected chi connectivity index (χ3v) is 3.69. The van der Waals surface area contributed by atoms with Gasteiger partial charge in [-0.15, -0.1) is 0 Å². The van der Waals surface area contributed by atoms with Crippen LogP contribution in [0.5, 0.6) is 0 Å². The smallest absolute Gasteiger partial charge is 0.307 e. The van der Waals surface area contributed by atoms with Gasteiger partial charge in [-0.05, 0) is 12.8 Å². The highest BCUT2D eigenvalue weighted by Crippen LogP contribution is 2.27. The summed E-state index contributed by atoms with van der Waals surface area (Å²) in [5, 5.41) is 11.9. The van der Waals surface area contributed by atoms with Crippen molar-refractivity contribution in [2.45, 2.75) is 19.3 Å². The number of nitrogens with zero attached hydrogens (tertiary/aromatic N) is 1. The maximum absolute atomic E-state index is 12.4. The van der Waals surface area contributed by atoms with Gasteiger partial charge < -0.3 is 15.3 Å². The first-order valence-electron chi connectivity index (χ1n) is 6.53. The van der Waals surface area contributed by atoms with E-state index in [0.29, 0.717) is 32.5 Å². The fourth-order valence-electron chi connectivity index (χ4n) is 2.58. The van der Waals surface area contributed by atoms with Gasteiger partial charge >= 0.3 is 5.97 Å². The zero-order valence-electron chi connectivity index (χ0n) is 10.7. The lowest BCUT2D eigenvalue weighted by Gasteiger charge is -2.30. The van der Waals surface area contributed by atoms with Crippen molar-refractivity contribution in [2.24, 2.45) is 11.8 Å². The number of nitrogens with one attached hydrogen (secondary N) is 1. The van der Waals surface area contributed by atoms with Crippen LogP contribution in [0.15, 0.2) is 12.2 Å². The molecule has 19 heavy (non-hydrogen) atoms. The Morgan fingerprint density at radius 3 is 2.58 bits per heavy atom. The topological polar surface area (TPSA) is 86.7 Å². The van der Waals surface area contributed by atoms with Gasteiger partial charge in [0.05, 0.1) is 11.8 Å². The van der Waals surface area contributed by atoms with Gasteiger partial charge in [0.2, 0.25) is 11.8 Å². The number of amides is 2. The van der Waals surface area contributed by atoms with Gasteiger partial charge in [0.15, 0.2) is 0 Å². The number of carboxylic acid groups (broad SMARTS) is 1. The molecule has 1 aliphatic heterocycles. The van der Waals surface area contributed by atoms with E-state index in [2.05, 4.69) is 5.32 Å². The molecule has 6 nitrogen and oxygen atoms in total. The summed E-state index contributed by atoms with van der Waals surface area (Å²) in [6, 6.07) is 0. The maximum atomic E-state index is 12.4. The first-order valence-corrected chi connectivity index (χ1v) is 6.53. The molecule has 1 aliphatic carbocycles. The lowest BCUT2D eigenvalue weighted by Crippen LogP contribution is -2.43. The maximum Gasteiger partial charge on any atom is 0.307 e. The average Bonchev–Trinajstić information content (AvgIpc) is 2.62. The van der Waals surface area contributed by atoms with E-state index >= 15 is 0 Å². The Labute approximate surface area is 111 Å². The summed E-state index contributed by atoms with van der Waals surface area (Å²) in [5.41, 5.74) is 0. The second-order valence-corrected chi connectivity index (χ2v) is 4.92. The second-order valence-electron chi connectivity index (χ2n) is 4.92. The fraction of sp³-hybridized carbons (Fsp3) is 0.615. The number of rotatable bonds is 2. The Bertz CT molecular complexity index is 419. The minimum Gasteiger partial charge on any atom is -0.481 e. The Kier molecular flexibility index (Phi) is 4.19. The number of carboxylic acids is 1. The molecule has 2 atom stereocenters. The number of hydrogen-bond donors (Lipinski definition) is 2. The summed E-state index contributed by atoms with van der Waals surface area (Å²) in [6.45, 7) is 1.26. The molecule has 0 aromatic rings. The summed E-state index contributed by atoms with van der Waals surface area (Å²) < 4.78 is 0. The van der Waals surface area contributed by atoms with Crippen molar-refractivity contribution < 1.29 is 19.5 Å². The first kappa shape index (κ1) is 13.6. The Morgan fingerprint density at radius 2 is 1.89 bits per heavy atom. The van der Waals surface area contributed by atoms with Crippen LogP contribution in [-0.4, -0.2) is 47.4 Å². The van der Waals surface area contributed by atoms with Crippen LogP contribution in [-0.2, 0) is 14.4 Å². The van der Waals surface area contributed by atoms with Crippen molar-refractivity contribution in [3.05, 3.63) is 12.2 Å². The molecule has 1 fully saturated rings. The molecular formula is C13H18N2O4. The standard InChI is InChI=1S/C13H18N2O4/c16-11-5-7-15(8-6-14-11)12(17)9-3-1-2-4-10(9)13(18)19/h1-2,9-10H,3-8H2,(H,14,16)(H,18,19). The molecule has 0 radical (unpaired) electrons. The van der Waals surface area contributed by atoms with Crippen LogP contribution in [0.25, 0.3) is 0 Å². The van der Waals surface area contributed by atoms with Crippen LogP contribution in [0.4, 0.5) is 0 Å². The van der Waals surface area contributed by atoms with E-state index in [1.54, 1.807) is 4.90 Å². The Balaban J connectivity index is 2.06. The van der Waals surface area contributed by atoms with E-state index in [-0.39, 0.29) is 18.2 Å². The highest BCUT2D eigenvalue weighted by Gasteiger charge is 2.36. The molecular weight excluding hydrogens is 248 g/mol. The lowest BCUT2D eigenvalue weighted by molar-refractivity contribution is -0.150. The minimum atomic E-state index is -0.924. The Hall–Kier alpha value is -1.85. The van der Waals surface area contributed by atoms with Crippen molar-refractivity contribution in [3.63, 3.8) is 0 Å². The zero-order valence-corrected chi connectivity index (χ0v) is 10.7. The van der Waals surface area contributed by atoms with Crippen LogP contribution in [0, 0.1) is 11.8 Å². The average molecular weight is 266 g/mol. The molecule has 1 saturated heterocycles. The highest BCUT2D eigenvalue weighted by atomic mass is 16.4. The normalized spacial score (nSPS) is 27.6. The highest BCUT2D eigenvalue weighted by molar-refractivity contribution is 5.86. The zero-order chi connectivity index (χ0) is 13.8. The van der Waals surface area contributed by atoms with E-state index in [1.807, 2.05) is 12.2 Å². The van der Waals surface area contributed by atoms with Gasteiger partial charge in [0.1, 0.15) is 0 Å². The van der Waals surface area contributed by atoms with Crippen LogP contribution >= 0.6 is 0 Å². The molecule has 2 amide bonds. The third-order valence-electron chi connectivity index (χ3n) is 3.69. The van der Waals surface area contributed by atoms with E-state index in [9.17, 15) is 19.5 Å². The van der Waals surface area contributed by atoms with E-state index in [1.165, 1.54) is 0 Å². The molecule has 6 heteroatoms. The van der Waals surface area contributed by atoms with E-state index in [0.717, 1.165) is 0 Å². The largest absolute Gasteiger partial charge is 0.481 e. The molecule has 2 aliphatic rings. The van der Waals surface area contributed by atoms with Crippen LogP contribution in [0.3, 0.4) is 0 Å². The van der Waals surface area contributed by atoms with Crippen molar-refractivity contribution in [1.82, 2.24) is 10.2 Å². The fourth-order valence-corrected chi connectivity index (χ4v) is 2.58. The number of aliphatic carboxylic acids is 1. The second kappa shape index (κ2) is 5.86. The SMILES string of the molecule is O=C1CCN(C(=O)C2CC=CCC2C(=O)O)CCN1. The molecule has 0 saturated carbocycles. The molecule has 2 rings (SSSR count). The van der Waals surface area contributed by atoms with Crippen molar-refractivity contribution >= 4 is 17.8 Å². The quantitative estimate of drug-likeness (QED) is 0.689. The predicted octanol–water partition coefficient (Wildman–Crippen LogP) is 0.00190. The molecule has 2 unspecified atom stereocenters. The first-order chi connectivity index (χ1) is 9.09. The summed E-state index contributed by atoms with van der Waals surface area (Å²) in [5.74, 6) is -2.28. The number of carbonyl (C=O) groups is 3. The van der Waals surface area contributed by atoms with Gasteiger partial charge in [0, 0.05) is 26.1 Å². The van der Waals surface area contributed by atoms with E-state index in [4.69, 9.17) is 0 Å². The van der Waals surface area contributed by atoms with Gasteiger partial charge in [-0.2, -0.15) is 0 Å². The van der Waals surface area contributed by atoms with E-state index < -0.39 is 17.8 Å². The summed E-state index contributed by atoms with van der Waals surface area (Å²) in [4.78, 5) is 36.5. The monoisotopic (exact) mass is 266 g/mol. The summed E-state index contributed by atoms with van der Waals surface area (Å²) in [6.07, 6.45) is 4.83. The summed E-state index contributed by atoms with van der Waals surface area (Å²) >= 11 is 0. The van der Waals surface area contributed by atoms with Gasteiger partial charge in [0.25, 0.3) is 0 Å². The molecule has 2 N–H and O–H groups in total. The number of allylic oxidation sites excluding steroid dienone is 2. The molecule has 0 bridgehead atoms. The minimum absolute atomic E-state index is 0.0615. The van der Waals surface area contributed by atoms with Gasteiger partial charge in [-0.3, -0.25) is 14.4 Å². The third kappa shape index (κ3) is 3.13. The Morgan fingerprint density at radius 1 is 1.21 bits per heavy atom. The number of carbonyl (C=O) groups excluding carboxylic acids is 2. The predicted molar refractivity (Wildman–Crippen MR) is 67.2 cm³/mol. The summed E-state index contributed by atoms with van der Waals surface area (Å²) in [7, 11) is 0. The van der Waals surface area contributed by atoms with Crippen molar-refractivity contribution in [1.29, 1.82) is 0 Å². The van der Waals surface area contributed by atoms with Gasteiger partial charge in [-0.1, -0.05) is 12.2 Å². The van der Waals surface area contributed by atoms with Gasteiger partial charge in [-0.25, -0.2) is 0 Å². The molecule has 104 valence electrons. The van der Waals surface area contributed by atoms with Crippen LogP contribution < -0.4 is 5.32 Å². The van der Waals surface area contributed by atoms with Crippen LogP contribution in [0.2, 0.25) is 0 Å². The number of hydrogen-bond acceptors (Lipinski definition) is 3. The van der Waals surface area contributed by atoms with Crippen molar-refractivity contribution in [2.75, 3.05) is 19.6 Å². The van der Waals surface area contributed by atoms with Crippen LogP contribution in [0.1, 0.15) is 19.3 Å². The molecule has 0 spiro atoms. The lowest BCUT2D eigenvalue weighted by atomic mass is 9.82.